The second-order valence-corrected chi connectivity index (χ2v) is 6.61. The highest BCUT2D eigenvalue weighted by Gasteiger charge is 2.10. The molecule has 21 heavy (non-hydrogen) atoms. The van der Waals surface area contributed by atoms with Crippen LogP contribution in [0.4, 0.5) is 4.39 Å². The van der Waals surface area contributed by atoms with Gasteiger partial charge in [-0.05, 0) is 29.1 Å². The highest BCUT2D eigenvalue weighted by atomic mass is 32.2. The van der Waals surface area contributed by atoms with E-state index in [0.717, 1.165) is 23.0 Å². The van der Waals surface area contributed by atoms with Crippen molar-refractivity contribution in [3.05, 3.63) is 63.9 Å². The Balaban J connectivity index is 1.68. The highest BCUT2D eigenvalue weighted by Crippen LogP contribution is 2.22. The van der Waals surface area contributed by atoms with Crippen LogP contribution in [0.25, 0.3) is 0 Å². The molecular weight excluding hydrogens is 305 g/mol. The molecule has 3 rings (SSSR count). The molecule has 0 aliphatic rings. The molecule has 0 saturated heterocycles. The molecule has 0 bridgehead atoms. The number of halogens is 1. The third-order valence-electron chi connectivity index (χ3n) is 3.09. The zero-order chi connectivity index (χ0) is 14.7. The number of hydrogen-bond acceptors (Lipinski definition) is 4. The van der Waals surface area contributed by atoms with Crippen molar-refractivity contribution < 1.29 is 4.39 Å². The van der Waals surface area contributed by atoms with Crippen LogP contribution < -0.4 is 0 Å². The first kappa shape index (κ1) is 14.3. The molecule has 0 saturated carbocycles. The van der Waals surface area contributed by atoms with Gasteiger partial charge in [0, 0.05) is 24.1 Å². The van der Waals surface area contributed by atoms with Crippen molar-refractivity contribution in [3.63, 3.8) is 0 Å². The second kappa shape index (κ2) is 6.41. The van der Waals surface area contributed by atoms with Gasteiger partial charge >= 0.3 is 0 Å². The molecule has 0 atom stereocenters. The van der Waals surface area contributed by atoms with Crippen molar-refractivity contribution in [2.75, 3.05) is 0 Å². The molecule has 2 aromatic heterocycles. The molecule has 0 amide bonds. The lowest BCUT2D eigenvalue weighted by atomic mass is 10.2. The molecular formula is C15H14FN3S2. The zero-order valence-corrected chi connectivity index (χ0v) is 13.1. The Morgan fingerprint density at radius 3 is 2.90 bits per heavy atom. The number of aromatic nitrogens is 3. The lowest BCUT2D eigenvalue weighted by Gasteiger charge is -2.03. The van der Waals surface area contributed by atoms with Gasteiger partial charge in [-0.1, -0.05) is 30.0 Å². The summed E-state index contributed by atoms with van der Waals surface area (Å²) in [7, 11) is 1.97. The van der Waals surface area contributed by atoms with E-state index in [9.17, 15) is 4.39 Å². The lowest BCUT2D eigenvalue weighted by Crippen LogP contribution is -1.99. The fourth-order valence-electron chi connectivity index (χ4n) is 1.97. The molecule has 2 heterocycles. The first-order valence-electron chi connectivity index (χ1n) is 6.50. The maximum absolute atomic E-state index is 13.1. The molecule has 3 aromatic rings. The normalized spacial score (nSPS) is 11.0. The number of thioether (sulfide) groups is 1. The van der Waals surface area contributed by atoms with Gasteiger partial charge in [-0.25, -0.2) is 4.39 Å². The first-order chi connectivity index (χ1) is 10.2. The third-order valence-corrected chi connectivity index (χ3v) is 5.06. The fourth-order valence-corrected chi connectivity index (χ4v) is 3.54. The van der Waals surface area contributed by atoms with Crippen molar-refractivity contribution in [2.45, 2.75) is 17.3 Å². The maximum atomic E-state index is 13.1. The molecule has 0 fully saturated rings. The summed E-state index contributed by atoms with van der Waals surface area (Å²) < 4.78 is 15.2. The number of hydrogen-bond donors (Lipinski definition) is 0. The molecule has 1 aromatic carbocycles. The minimum atomic E-state index is -0.204. The minimum Gasteiger partial charge on any atom is -0.309 e. The van der Waals surface area contributed by atoms with Gasteiger partial charge in [0.15, 0.2) is 5.16 Å². The van der Waals surface area contributed by atoms with E-state index < -0.39 is 0 Å². The fraction of sp³-hybridized carbons (Fsp3) is 0.200. The van der Waals surface area contributed by atoms with E-state index in [-0.39, 0.29) is 5.82 Å². The molecule has 0 spiro atoms. The molecule has 0 N–H and O–H groups in total. The zero-order valence-electron chi connectivity index (χ0n) is 11.5. The quantitative estimate of drug-likeness (QED) is 0.668. The van der Waals surface area contributed by atoms with Crippen LogP contribution in [0.15, 0.2) is 46.9 Å². The van der Waals surface area contributed by atoms with Crippen molar-refractivity contribution in [3.8, 4) is 0 Å². The minimum absolute atomic E-state index is 0.204. The van der Waals surface area contributed by atoms with E-state index >= 15 is 0 Å². The van der Waals surface area contributed by atoms with Crippen molar-refractivity contribution in [2.24, 2.45) is 7.05 Å². The van der Waals surface area contributed by atoms with Crippen LogP contribution in [-0.2, 0) is 19.2 Å². The van der Waals surface area contributed by atoms with Gasteiger partial charge in [0.1, 0.15) is 11.6 Å². The van der Waals surface area contributed by atoms with Crippen LogP contribution in [0.1, 0.15) is 16.3 Å². The standard InChI is InChI=1S/C15H14FN3S2/c1-19-14(9-13-6-3-7-20-13)17-18-15(19)21-10-11-4-2-5-12(16)8-11/h2-8H,9-10H2,1H3. The van der Waals surface area contributed by atoms with Crippen molar-refractivity contribution in [1.29, 1.82) is 0 Å². The average Bonchev–Trinajstić information content (AvgIpc) is 3.09. The van der Waals surface area contributed by atoms with E-state index in [2.05, 4.69) is 21.6 Å². The maximum Gasteiger partial charge on any atom is 0.191 e. The largest absolute Gasteiger partial charge is 0.309 e. The van der Waals surface area contributed by atoms with Crippen molar-refractivity contribution in [1.82, 2.24) is 14.8 Å². The Hall–Kier alpha value is -1.66. The van der Waals surface area contributed by atoms with E-state index in [4.69, 9.17) is 0 Å². The van der Waals surface area contributed by atoms with Gasteiger partial charge in [-0.3, -0.25) is 0 Å². The summed E-state index contributed by atoms with van der Waals surface area (Å²) >= 11 is 3.29. The molecule has 0 aliphatic carbocycles. The van der Waals surface area contributed by atoms with Gasteiger partial charge in [0.2, 0.25) is 0 Å². The SMILES string of the molecule is Cn1c(Cc2cccs2)nnc1SCc1cccc(F)c1. The summed E-state index contributed by atoms with van der Waals surface area (Å²) in [6.45, 7) is 0. The predicted octanol–water partition coefficient (Wildman–Crippen LogP) is 3.90. The summed E-state index contributed by atoms with van der Waals surface area (Å²) in [5, 5.41) is 11.4. The lowest BCUT2D eigenvalue weighted by molar-refractivity contribution is 0.626. The summed E-state index contributed by atoms with van der Waals surface area (Å²) in [4.78, 5) is 1.27. The molecule has 108 valence electrons. The molecule has 6 heteroatoms. The Kier molecular flexibility index (Phi) is 4.36. The number of benzene rings is 1. The Labute approximate surface area is 130 Å². The molecule has 3 nitrogen and oxygen atoms in total. The average molecular weight is 319 g/mol. The summed E-state index contributed by atoms with van der Waals surface area (Å²) in [5.74, 6) is 1.42. The molecule has 0 aliphatic heterocycles. The third kappa shape index (κ3) is 3.51. The highest BCUT2D eigenvalue weighted by molar-refractivity contribution is 7.98. The Morgan fingerprint density at radius 1 is 1.24 bits per heavy atom. The predicted molar refractivity (Wildman–Crippen MR) is 84.1 cm³/mol. The van der Waals surface area contributed by atoms with Gasteiger partial charge in [-0.2, -0.15) is 0 Å². The van der Waals surface area contributed by atoms with E-state index in [1.807, 2.05) is 23.7 Å². The van der Waals surface area contributed by atoms with Gasteiger partial charge in [-0.15, -0.1) is 21.5 Å². The Bertz CT molecular complexity index is 722. The van der Waals surface area contributed by atoms with Crippen LogP contribution in [0.5, 0.6) is 0 Å². The van der Waals surface area contributed by atoms with Crippen LogP contribution in [0.2, 0.25) is 0 Å². The number of nitrogens with zero attached hydrogens (tertiary/aromatic N) is 3. The van der Waals surface area contributed by atoms with Gasteiger partial charge in [0.25, 0.3) is 0 Å². The van der Waals surface area contributed by atoms with Crippen LogP contribution in [0.3, 0.4) is 0 Å². The first-order valence-corrected chi connectivity index (χ1v) is 8.37. The number of rotatable bonds is 5. The van der Waals surface area contributed by atoms with E-state index in [0.29, 0.717) is 5.75 Å². The monoisotopic (exact) mass is 319 g/mol. The van der Waals surface area contributed by atoms with Gasteiger partial charge < -0.3 is 4.57 Å². The number of thiophene rings is 1. The van der Waals surface area contributed by atoms with Crippen molar-refractivity contribution >= 4 is 23.1 Å². The molecule has 0 unspecified atom stereocenters. The van der Waals surface area contributed by atoms with Crippen LogP contribution in [0, 0.1) is 5.82 Å². The van der Waals surface area contributed by atoms with Crippen LogP contribution in [-0.4, -0.2) is 14.8 Å². The smallest absolute Gasteiger partial charge is 0.191 e. The second-order valence-electron chi connectivity index (χ2n) is 4.63. The Morgan fingerprint density at radius 2 is 2.14 bits per heavy atom. The van der Waals surface area contributed by atoms with E-state index in [1.165, 1.54) is 10.9 Å². The summed E-state index contributed by atoms with van der Waals surface area (Å²) in [5.41, 5.74) is 0.947. The molecule has 0 radical (unpaired) electrons. The van der Waals surface area contributed by atoms with Gasteiger partial charge in [0.05, 0.1) is 0 Å². The van der Waals surface area contributed by atoms with E-state index in [1.54, 1.807) is 35.2 Å². The van der Waals surface area contributed by atoms with Crippen LogP contribution >= 0.6 is 23.1 Å². The summed E-state index contributed by atoms with van der Waals surface area (Å²) in [6, 6.07) is 10.8. The summed E-state index contributed by atoms with van der Waals surface area (Å²) in [6.07, 6.45) is 0.793. The topological polar surface area (TPSA) is 30.7 Å².